The summed E-state index contributed by atoms with van der Waals surface area (Å²) < 4.78 is 41.4. The molecule has 156 valence electrons. The first-order valence-electron chi connectivity index (χ1n) is 9.27. The van der Waals surface area contributed by atoms with Crippen LogP contribution in [0.3, 0.4) is 0 Å². The number of carbonyl (C=O) groups excluding carboxylic acids is 1. The van der Waals surface area contributed by atoms with Crippen LogP contribution in [0.4, 0.5) is 10.5 Å². The second-order valence-electron chi connectivity index (χ2n) is 7.85. The second-order valence-corrected chi connectivity index (χ2v) is 9.47. The topological polar surface area (TPSA) is 82.1 Å². The molecule has 0 radical (unpaired) electrons. The van der Waals surface area contributed by atoms with Crippen LogP contribution in [0.2, 0.25) is 0 Å². The van der Waals surface area contributed by atoms with Gasteiger partial charge in [0.15, 0.2) is 0 Å². The maximum Gasteiger partial charge on any atom is 0.415 e. The van der Waals surface area contributed by atoms with Crippen LogP contribution in [-0.2, 0) is 19.0 Å². The summed E-state index contributed by atoms with van der Waals surface area (Å²) in [4.78, 5) is 14.2. The molecule has 29 heavy (non-hydrogen) atoms. The van der Waals surface area contributed by atoms with Gasteiger partial charge in [-0.2, -0.15) is 8.42 Å². The molecule has 1 aliphatic heterocycles. The number of ether oxygens (including phenoxy) is 2. The van der Waals surface area contributed by atoms with E-state index >= 15 is 0 Å². The van der Waals surface area contributed by atoms with Gasteiger partial charge in [0.05, 0.1) is 17.1 Å². The molecule has 1 aliphatic rings. The van der Waals surface area contributed by atoms with Gasteiger partial charge < -0.3 is 9.47 Å². The minimum absolute atomic E-state index is 0.0725. The SMILES string of the molecule is Cc1ccc(S(=O)(=O)OCC2CN(C(=O)OC(C)(C)C)c3ccccc3O2)cc1. The largest absolute Gasteiger partial charge is 0.484 e. The van der Waals surface area contributed by atoms with Gasteiger partial charge in [0.1, 0.15) is 24.1 Å². The van der Waals surface area contributed by atoms with Crippen LogP contribution in [0, 0.1) is 6.92 Å². The van der Waals surface area contributed by atoms with Crippen LogP contribution in [0.25, 0.3) is 0 Å². The molecule has 0 aliphatic carbocycles. The molecule has 0 aromatic heterocycles. The molecule has 1 unspecified atom stereocenters. The van der Waals surface area contributed by atoms with E-state index in [1.807, 2.05) is 6.92 Å². The average molecular weight is 419 g/mol. The summed E-state index contributed by atoms with van der Waals surface area (Å²) in [5.74, 6) is 0.464. The maximum atomic E-state index is 12.7. The fourth-order valence-electron chi connectivity index (χ4n) is 2.81. The Morgan fingerprint density at radius 1 is 1.14 bits per heavy atom. The summed E-state index contributed by atoms with van der Waals surface area (Å²) in [6.45, 7) is 7.10. The van der Waals surface area contributed by atoms with Crippen LogP contribution < -0.4 is 9.64 Å². The number of anilines is 1. The molecular formula is C21H25NO6S. The first-order chi connectivity index (χ1) is 13.5. The molecule has 1 amide bonds. The minimum atomic E-state index is -3.94. The molecule has 1 heterocycles. The van der Waals surface area contributed by atoms with Crippen molar-refractivity contribution in [1.29, 1.82) is 0 Å². The fourth-order valence-corrected chi connectivity index (χ4v) is 3.75. The van der Waals surface area contributed by atoms with Crippen molar-refractivity contribution < 1.29 is 26.9 Å². The van der Waals surface area contributed by atoms with Crippen molar-refractivity contribution in [2.24, 2.45) is 0 Å². The number of rotatable bonds is 4. The number of hydrogen-bond acceptors (Lipinski definition) is 6. The van der Waals surface area contributed by atoms with E-state index in [9.17, 15) is 13.2 Å². The van der Waals surface area contributed by atoms with Crippen molar-refractivity contribution in [3.63, 3.8) is 0 Å². The molecule has 1 atom stereocenters. The third kappa shape index (κ3) is 5.27. The van der Waals surface area contributed by atoms with E-state index in [1.165, 1.54) is 17.0 Å². The zero-order valence-electron chi connectivity index (χ0n) is 16.9. The third-order valence-electron chi connectivity index (χ3n) is 4.17. The van der Waals surface area contributed by atoms with Crippen molar-refractivity contribution in [3.8, 4) is 5.75 Å². The Morgan fingerprint density at radius 2 is 1.79 bits per heavy atom. The Labute approximate surface area is 171 Å². The Kier molecular flexibility index (Phi) is 5.86. The number of carbonyl (C=O) groups is 1. The van der Waals surface area contributed by atoms with Gasteiger partial charge in [0, 0.05) is 0 Å². The smallest absolute Gasteiger partial charge is 0.415 e. The molecule has 7 nitrogen and oxygen atoms in total. The summed E-state index contributed by atoms with van der Waals surface area (Å²) in [5, 5.41) is 0. The van der Waals surface area contributed by atoms with Gasteiger partial charge in [-0.3, -0.25) is 9.08 Å². The lowest BCUT2D eigenvalue weighted by molar-refractivity contribution is 0.0529. The molecule has 0 N–H and O–H groups in total. The van der Waals surface area contributed by atoms with Crippen LogP contribution in [0.1, 0.15) is 26.3 Å². The van der Waals surface area contributed by atoms with Gasteiger partial charge in [0.25, 0.3) is 10.1 Å². The fraction of sp³-hybridized carbons (Fsp3) is 0.381. The molecule has 0 saturated heterocycles. The lowest BCUT2D eigenvalue weighted by atomic mass is 10.2. The van der Waals surface area contributed by atoms with Crippen LogP contribution >= 0.6 is 0 Å². The number of amides is 1. The number of hydrogen-bond donors (Lipinski definition) is 0. The highest BCUT2D eigenvalue weighted by atomic mass is 32.2. The number of para-hydroxylation sites is 2. The molecule has 0 saturated carbocycles. The van der Waals surface area contributed by atoms with Gasteiger partial charge in [-0.1, -0.05) is 29.8 Å². The van der Waals surface area contributed by atoms with Gasteiger partial charge >= 0.3 is 6.09 Å². The standard InChI is InChI=1S/C21H25NO6S/c1-15-9-11-17(12-10-15)29(24,25)26-14-16-13-22(20(23)28-21(2,3)4)18-7-5-6-8-19(18)27-16/h5-12,16H,13-14H2,1-4H3. The van der Waals surface area contributed by atoms with Gasteiger partial charge in [-0.15, -0.1) is 0 Å². The van der Waals surface area contributed by atoms with Crippen LogP contribution in [-0.4, -0.2) is 39.4 Å². The zero-order valence-corrected chi connectivity index (χ0v) is 17.7. The highest BCUT2D eigenvalue weighted by Crippen LogP contribution is 2.34. The summed E-state index contributed by atoms with van der Waals surface area (Å²) in [6, 6.07) is 13.4. The third-order valence-corrected chi connectivity index (χ3v) is 5.46. The van der Waals surface area contributed by atoms with E-state index in [0.717, 1.165) is 5.56 Å². The minimum Gasteiger partial charge on any atom is -0.484 e. The number of fused-ring (bicyclic) bond motifs is 1. The molecular weight excluding hydrogens is 394 g/mol. The number of benzene rings is 2. The monoisotopic (exact) mass is 419 g/mol. The highest BCUT2D eigenvalue weighted by molar-refractivity contribution is 7.86. The second kappa shape index (κ2) is 8.04. The quantitative estimate of drug-likeness (QED) is 0.699. The van der Waals surface area contributed by atoms with Crippen molar-refractivity contribution in [1.82, 2.24) is 0 Å². The van der Waals surface area contributed by atoms with Gasteiger partial charge in [-0.05, 0) is 52.0 Å². The number of nitrogens with zero attached hydrogens (tertiary/aromatic N) is 1. The molecule has 0 spiro atoms. The zero-order chi connectivity index (χ0) is 21.2. The molecule has 2 aromatic carbocycles. The first kappa shape index (κ1) is 21.1. The maximum absolute atomic E-state index is 12.7. The number of aryl methyl sites for hydroxylation is 1. The average Bonchev–Trinajstić information content (AvgIpc) is 2.65. The molecule has 0 fully saturated rings. The Balaban J connectivity index is 1.76. The molecule has 0 bridgehead atoms. The summed E-state index contributed by atoms with van der Waals surface area (Å²) in [5.41, 5.74) is 0.856. The first-order valence-corrected chi connectivity index (χ1v) is 10.7. The van der Waals surface area contributed by atoms with Gasteiger partial charge in [-0.25, -0.2) is 4.79 Å². The van der Waals surface area contributed by atoms with Gasteiger partial charge in [0.2, 0.25) is 0 Å². The molecule has 8 heteroatoms. The molecule has 3 rings (SSSR count). The summed E-state index contributed by atoms with van der Waals surface area (Å²) >= 11 is 0. The van der Waals surface area contributed by atoms with Crippen molar-refractivity contribution in [2.45, 2.75) is 44.3 Å². The van der Waals surface area contributed by atoms with Crippen molar-refractivity contribution in [3.05, 3.63) is 54.1 Å². The predicted molar refractivity (Wildman–Crippen MR) is 109 cm³/mol. The van der Waals surface area contributed by atoms with E-state index in [1.54, 1.807) is 57.2 Å². The van der Waals surface area contributed by atoms with E-state index in [-0.39, 0.29) is 18.0 Å². The van der Waals surface area contributed by atoms with E-state index in [2.05, 4.69) is 0 Å². The lowest BCUT2D eigenvalue weighted by Gasteiger charge is -2.35. The Hall–Kier alpha value is -2.58. The lowest BCUT2D eigenvalue weighted by Crippen LogP contribution is -2.47. The normalized spacial score (nSPS) is 16.7. The highest BCUT2D eigenvalue weighted by Gasteiger charge is 2.33. The van der Waals surface area contributed by atoms with E-state index in [4.69, 9.17) is 13.7 Å². The van der Waals surface area contributed by atoms with E-state index in [0.29, 0.717) is 11.4 Å². The Morgan fingerprint density at radius 3 is 2.45 bits per heavy atom. The van der Waals surface area contributed by atoms with Crippen molar-refractivity contribution >= 4 is 21.9 Å². The van der Waals surface area contributed by atoms with Crippen LogP contribution in [0.5, 0.6) is 5.75 Å². The summed E-state index contributed by atoms with van der Waals surface area (Å²) in [6.07, 6.45) is -1.20. The van der Waals surface area contributed by atoms with E-state index < -0.39 is 27.9 Å². The molecule has 2 aromatic rings. The predicted octanol–water partition coefficient (Wildman–Crippen LogP) is 3.90. The van der Waals surface area contributed by atoms with Crippen molar-refractivity contribution in [2.75, 3.05) is 18.1 Å². The Bertz CT molecular complexity index is 979. The van der Waals surface area contributed by atoms with Crippen LogP contribution in [0.15, 0.2) is 53.4 Å². The summed E-state index contributed by atoms with van der Waals surface area (Å²) in [7, 11) is -3.94.